The van der Waals surface area contributed by atoms with Crippen molar-refractivity contribution in [1.82, 2.24) is 9.88 Å². The van der Waals surface area contributed by atoms with Crippen molar-refractivity contribution in [3.63, 3.8) is 0 Å². The van der Waals surface area contributed by atoms with Crippen molar-refractivity contribution < 1.29 is 19.7 Å². The van der Waals surface area contributed by atoms with Crippen LogP contribution in [0.15, 0.2) is 42.6 Å². The Kier molecular flexibility index (Phi) is 5.08. The van der Waals surface area contributed by atoms with Crippen molar-refractivity contribution in [2.45, 2.75) is 24.9 Å². The number of fused-ring (bicyclic) bond motifs is 1. The third-order valence-electron chi connectivity index (χ3n) is 6.03. The predicted octanol–water partition coefficient (Wildman–Crippen LogP) is 2.29. The van der Waals surface area contributed by atoms with Crippen LogP contribution in [0.3, 0.4) is 0 Å². The molecule has 2 aromatic rings. The van der Waals surface area contributed by atoms with Gasteiger partial charge < -0.3 is 14.9 Å². The molecule has 2 aliphatic rings. The van der Waals surface area contributed by atoms with E-state index in [2.05, 4.69) is 9.88 Å². The van der Waals surface area contributed by atoms with Gasteiger partial charge in [-0.15, -0.1) is 0 Å². The van der Waals surface area contributed by atoms with Crippen LogP contribution in [-0.4, -0.2) is 58.2 Å². The number of ketones is 1. The van der Waals surface area contributed by atoms with Gasteiger partial charge in [0.15, 0.2) is 5.78 Å². The summed E-state index contributed by atoms with van der Waals surface area (Å²) in [6.45, 7) is 2.00. The zero-order valence-corrected chi connectivity index (χ0v) is 16.0. The van der Waals surface area contributed by atoms with E-state index >= 15 is 0 Å². The van der Waals surface area contributed by atoms with E-state index in [9.17, 15) is 15.0 Å². The van der Waals surface area contributed by atoms with Gasteiger partial charge in [-0.3, -0.25) is 9.69 Å². The standard InChI is InChI=1S/C22H26N2O4/c1-28-19-5-2-15(3-6-19)8-22(27)9-16-12-24(13-17(16)10-22)14-21(26)20-7-4-18(25)11-23-20/h2-7,11,16-17,25,27H,8-10,12-14H2,1H3. The Labute approximate surface area is 164 Å². The van der Waals surface area contributed by atoms with Crippen LogP contribution < -0.4 is 4.74 Å². The minimum absolute atomic E-state index is 0.0338. The number of aromatic hydroxyl groups is 1. The molecule has 1 aliphatic carbocycles. The number of ether oxygens (including phenoxy) is 1. The number of methoxy groups -OCH3 is 1. The maximum Gasteiger partial charge on any atom is 0.195 e. The predicted molar refractivity (Wildman–Crippen MR) is 105 cm³/mol. The van der Waals surface area contributed by atoms with Crippen molar-refractivity contribution in [3.05, 3.63) is 53.9 Å². The van der Waals surface area contributed by atoms with Crippen molar-refractivity contribution in [1.29, 1.82) is 0 Å². The van der Waals surface area contributed by atoms with Gasteiger partial charge in [-0.1, -0.05) is 12.1 Å². The molecule has 2 heterocycles. The molecule has 2 fully saturated rings. The van der Waals surface area contributed by atoms with Crippen LogP contribution >= 0.6 is 0 Å². The highest BCUT2D eigenvalue weighted by atomic mass is 16.5. The maximum absolute atomic E-state index is 12.4. The minimum Gasteiger partial charge on any atom is -0.506 e. The molecule has 2 atom stereocenters. The molecule has 148 valence electrons. The molecule has 1 aromatic heterocycles. The highest BCUT2D eigenvalue weighted by molar-refractivity contribution is 5.95. The van der Waals surface area contributed by atoms with Crippen LogP contribution in [0, 0.1) is 11.8 Å². The number of pyridine rings is 1. The van der Waals surface area contributed by atoms with Gasteiger partial charge in [-0.2, -0.15) is 0 Å². The van der Waals surface area contributed by atoms with E-state index in [1.165, 1.54) is 12.3 Å². The Hall–Kier alpha value is -2.44. The third-order valence-corrected chi connectivity index (χ3v) is 6.03. The number of carbonyl (C=O) groups excluding carboxylic acids is 1. The first kappa shape index (κ1) is 18.9. The fraction of sp³-hybridized carbons (Fsp3) is 0.455. The summed E-state index contributed by atoms with van der Waals surface area (Å²) in [5.74, 6) is 1.69. The zero-order chi connectivity index (χ0) is 19.7. The number of aromatic nitrogens is 1. The Balaban J connectivity index is 1.32. The second-order valence-electron chi connectivity index (χ2n) is 8.20. The lowest BCUT2D eigenvalue weighted by Crippen LogP contribution is -2.34. The fourth-order valence-electron chi connectivity index (χ4n) is 4.79. The minimum atomic E-state index is -0.668. The Bertz CT molecular complexity index is 821. The monoisotopic (exact) mass is 382 g/mol. The molecule has 1 aromatic carbocycles. The van der Waals surface area contributed by atoms with Gasteiger partial charge in [0.2, 0.25) is 0 Å². The summed E-state index contributed by atoms with van der Waals surface area (Å²) in [5, 5.41) is 20.4. The van der Waals surface area contributed by atoms with Gasteiger partial charge in [0, 0.05) is 19.5 Å². The topological polar surface area (TPSA) is 82.9 Å². The number of nitrogens with zero attached hydrogens (tertiary/aromatic N) is 2. The van der Waals surface area contributed by atoms with Crippen molar-refractivity contribution >= 4 is 5.78 Å². The molecular formula is C22H26N2O4. The summed E-state index contributed by atoms with van der Waals surface area (Å²) in [7, 11) is 1.65. The summed E-state index contributed by atoms with van der Waals surface area (Å²) in [4.78, 5) is 18.6. The lowest BCUT2D eigenvalue weighted by molar-refractivity contribution is 0.0355. The summed E-state index contributed by atoms with van der Waals surface area (Å²) in [6.07, 6.45) is 3.49. The molecule has 0 bridgehead atoms. The average Bonchev–Trinajstić information content (AvgIpc) is 3.16. The number of benzene rings is 1. The fourth-order valence-corrected chi connectivity index (χ4v) is 4.79. The van der Waals surface area contributed by atoms with Gasteiger partial charge in [0.25, 0.3) is 0 Å². The molecule has 0 spiro atoms. The highest BCUT2D eigenvalue weighted by Gasteiger charge is 2.48. The first-order chi connectivity index (χ1) is 13.4. The average molecular weight is 382 g/mol. The molecule has 0 radical (unpaired) electrons. The summed E-state index contributed by atoms with van der Waals surface area (Å²) in [6, 6.07) is 10.9. The van der Waals surface area contributed by atoms with E-state index < -0.39 is 5.60 Å². The summed E-state index contributed by atoms with van der Waals surface area (Å²) < 4.78 is 5.19. The third kappa shape index (κ3) is 4.03. The molecule has 1 aliphatic heterocycles. The quantitative estimate of drug-likeness (QED) is 0.746. The molecular weight excluding hydrogens is 356 g/mol. The van der Waals surface area contributed by atoms with Crippen LogP contribution in [-0.2, 0) is 6.42 Å². The molecule has 1 saturated heterocycles. The Morgan fingerprint density at radius 1 is 1.18 bits per heavy atom. The van der Waals surface area contributed by atoms with E-state index in [0.717, 1.165) is 37.2 Å². The molecule has 2 N–H and O–H groups in total. The van der Waals surface area contributed by atoms with Crippen LogP contribution in [0.2, 0.25) is 0 Å². The number of Topliss-reactive ketones (excluding diaryl/α,β-unsaturated/α-hetero) is 1. The van der Waals surface area contributed by atoms with E-state index in [-0.39, 0.29) is 11.5 Å². The summed E-state index contributed by atoms with van der Waals surface area (Å²) >= 11 is 0. The van der Waals surface area contributed by atoms with Crippen molar-refractivity contribution in [2.75, 3.05) is 26.7 Å². The number of hydrogen-bond donors (Lipinski definition) is 2. The largest absolute Gasteiger partial charge is 0.506 e. The van der Waals surface area contributed by atoms with E-state index in [0.29, 0.717) is 30.5 Å². The number of rotatable bonds is 6. The lowest BCUT2D eigenvalue weighted by Gasteiger charge is -2.26. The molecule has 2 unspecified atom stereocenters. The normalized spacial score (nSPS) is 26.9. The molecule has 28 heavy (non-hydrogen) atoms. The number of aliphatic hydroxyl groups is 1. The molecule has 1 saturated carbocycles. The zero-order valence-electron chi connectivity index (χ0n) is 16.0. The first-order valence-electron chi connectivity index (χ1n) is 9.70. The maximum atomic E-state index is 12.4. The van der Waals surface area contributed by atoms with Crippen LogP contribution in [0.4, 0.5) is 0 Å². The smallest absolute Gasteiger partial charge is 0.195 e. The summed E-state index contributed by atoms with van der Waals surface area (Å²) in [5.41, 5.74) is 0.831. The lowest BCUT2D eigenvalue weighted by atomic mass is 9.91. The molecule has 0 amide bonds. The van der Waals surface area contributed by atoms with Gasteiger partial charge in [-0.05, 0) is 54.5 Å². The highest BCUT2D eigenvalue weighted by Crippen LogP contribution is 2.45. The van der Waals surface area contributed by atoms with Crippen molar-refractivity contribution in [3.8, 4) is 11.5 Å². The van der Waals surface area contributed by atoms with Crippen LogP contribution in [0.1, 0.15) is 28.9 Å². The van der Waals surface area contributed by atoms with E-state index in [1.807, 2.05) is 24.3 Å². The second-order valence-corrected chi connectivity index (χ2v) is 8.20. The number of likely N-dealkylation sites (tertiary alicyclic amines) is 1. The van der Waals surface area contributed by atoms with Gasteiger partial charge in [-0.25, -0.2) is 4.98 Å². The first-order valence-corrected chi connectivity index (χ1v) is 9.70. The van der Waals surface area contributed by atoms with Crippen molar-refractivity contribution in [2.24, 2.45) is 11.8 Å². The van der Waals surface area contributed by atoms with Gasteiger partial charge in [0.05, 0.1) is 25.5 Å². The Morgan fingerprint density at radius 3 is 2.43 bits per heavy atom. The van der Waals surface area contributed by atoms with Gasteiger partial charge in [0.1, 0.15) is 17.2 Å². The molecule has 6 nitrogen and oxygen atoms in total. The van der Waals surface area contributed by atoms with Crippen LogP contribution in [0.25, 0.3) is 0 Å². The number of carbonyl (C=O) groups is 1. The number of hydrogen-bond acceptors (Lipinski definition) is 6. The SMILES string of the molecule is COc1ccc(CC2(O)CC3CN(CC(=O)c4ccc(O)cn4)CC3C2)cc1. The Morgan fingerprint density at radius 2 is 1.86 bits per heavy atom. The molecule has 4 rings (SSSR count). The van der Waals surface area contributed by atoms with Gasteiger partial charge >= 0.3 is 0 Å². The second kappa shape index (κ2) is 7.53. The molecule has 6 heteroatoms. The van der Waals surface area contributed by atoms with Crippen LogP contribution in [0.5, 0.6) is 11.5 Å². The van der Waals surface area contributed by atoms with E-state index in [4.69, 9.17) is 4.74 Å². The van der Waals surface area contributed by atoms with E-state index in [1.54, 1.807) is 13.2 Å².